The Hall–Kier alpha value is -0.510. The molecule has 1 aliphatic carbocycles. The van der Waals surface area contributed by atoms with Crippen molar-refractivity contribution in [3.05, 3.63) is 30.3 Å². The van der Waals surface area contributed by atoms with Gasteiger partial charge in [0.2, 0.25) is 0 Å². The van der Waals surface area contributed by atoms with Crippen molar-refractivity contribution in [3.8, 4) is 0 Å². The average Bonchev–Trinajstić information content (AvgIpc) is 3.43. The van der Waals surface area contributed by atoms with Gasteiger partial charge in [-0.1, -0.05) is 31.5 Å². The van der Waals surface area contributed by atoms with E-state index in [4.69, 9.17) is 9.47 Å². The minimum atomic E-state index is 0. The number of benzene rings is 1. The second-order valence-corrected chi connectivity index (χ2v) is 8.07. The topological polar surface area (TPSA) is 54.9 Å². The maximum absolute atomic E-state index is 5.57. The maximum Gasteiger partial charge on any atom is 0.191 e. The van der Waals surface area contributed by atoms with Crippen LogP contribution in [0, 0.1) is 0 Å². The molecule has 0 aliphatic heterocycles. The largest absolute Gasteiger partial charge is 0.379 e. The van der Waals surface area contributed by atoms with Crippen LogP contribution in [0.5, 0.6) is 0 Å². The first-order valence-electron chi connectivity index (χ1n) is 9.62. The predicted octanol–water partition coefficient (Wildman–Crippen LogP) is 3.93. The lowest BCUT2D eigenvalue weighted by Gasteiger charge is -2.18. The summed E-state index contributed by atoms with van der Waals surface area (Å²) in [4.78, 5) is 5.64. The Balaban J connectivity index is 0.00000364. The van der Waals surface area contributed by atoms with Gasteiger partial charge in [-0.2, -0.15) is 0 Å². The van der Waals surface area contributed by atoms with Gasteiger partial charge in [0.15, 0.2) is 5.96 Å². The molecule has 0 bridgehead atoms. The van der Waals surface area contributed by atoms with Crippen LogP contribution in [0.4, 0.5) is 0 Å². The molecular formula is C20H34IN3O2S. The monoisotopic (exact) mass is 507 g/mol. The van der Waals surface area contributed by atoms with Gasteiger partial charge in [0.25, 0.3) is 0 Å². The molecule has 0 radical (unpaired) electrons. The van der Waals surface area contributed by atoms with Gasteiger partial charge in [0.05, 0.1) is 19.8 Å². The van der Waals surface area contributed by atoms with Crippen molar-refractivity contribution in [3.63, 3.8) is 0 Å². The number of nitrogens with one attached hydrogen (secondary N) is 2. The van der Waals surface area contributed by atoms with Crippen molar-refractivity contribution in [2.45, 2.75) is 42.2 Å². The van der Waals surface area contributed by atoms with Gasteiger partial charge in [0, 0.05) is 36.4 Å². The van der Waals surface area contributed by atoms with E-state index in [2.05, 4.69) is 52.9 Å². The summed E-state index contributed by atoms with van der Waals surface area (Å²) in [6.45, 7) is 6.64. The Kier molecular flexibility index (Phi) is 13.2. The van der Waals surface area contributed by atoms with Crippen LogP contribution in [-0.4, -0.2) is 57.3 Å². The Morgan fingerprint density at radius 2 is 1.78 bits per heavy atom. The maximum atomic E-state index is 5.57. The fraction of sp³-hybridized carbons (Fsp3) is 0.650. The number of aliphatic imine (C=N–C) groups is 1. The van der Waals surface area contributed by atoms with Gasteiger partial charge < -0.3 is 20.1 Å². The van der Waals surface area contributed by atoms with E-state index in [1.165, 1.54) is 24.2 Å². The average molecular weight is 507 g/mol. The zero-order valence-electron chi connectivity index (χ0n) is 16.5. The zero-order valence-corrected chi connectivity index (χ0v) is 19.7. The summed E-state index contributed by atoms with van der Waals surface area (Å²) in [5.41, 5.74) is 0. The first-order valence-corrected chi connectivity index (χ1v) is 10.4. The minimum absolute atomic E-state index is 0. The summed E-state index contributed by atoms with van der Waals surface area (Å²) < 4.78 is 11.4. The van der Waals surface area contributed by atoms with Crippen LogP contribution >= 0.6 is 35.7 Å². The van der Waals surface area contributed by atoms with Crippen molar-refractivity contribution in [2.24, 2.45) is 4.99 Å². The smallest absolute Gasteiger partial charge is 0.191 e. The quantitative estimate of drug-likeness (QED) is 0.184. The molecule has 0 saturated heterocycles. The lowest BCUT2D eigenvalue weighted by molar-refractivity contribution is 0.0487. The van der Waals surface area contributed by atoms with Crippen molar-refractivity contribution < 1.29 is 9.47 Å². The Bertz CT molecular complexity index is 527. The second-order valence-electron chi connectivity index (χ2n) is 6.53. The van der Waals surface area contributed by atoms with Crippen molar-refractivity contribution in [2.75, 3.05) is 46.6 Å². The number of guanidine groups is 1. The fourth-order valence-corrected chi connectivity index (χ4v) is 3.71. The summed E-state index contributed by atoms with van der Waals surface area (Å²) >= 11 is 1.97. The highest BCUT2D eigenvalue weighted by atomic mass is 127. The molecule has 1 aromatic rings. The summed E-state index contributed by atoms with van der Waals surface area (Å²) in [5, 5.41) is 6.76. The molecule has 1 aliphatic rings. The van der Waals surface area contributed by atoms with Crippen molar-refractivity contribution in [1.82, 2.24) is 10.6 Å². The molecule has 0 heterocycles. The summed E-state index contributed by atoms with van der Waals surface area (Å²) in [7, 11) is 1.81. The summed E-state index contributed by atoms with van der Waals surface area (Å²) in [6.07, 6.45) is 4.78. The third-order valence-electron chi connectivity index (χ3n) is 4.24. The Morgan fingerprint density at radius 1 is 1.07 bits per heavy atom. The third-order valence-corrected chi connectivity index (χ3v) is 5.73. The number of rotatable bonds is 13. The Labute approximate surface area is 185 Å². The van der Waals surface area contributed by atoms with Crippen LogP contribution in [0.15, 0.2) is 40.2 Å². The lowest BCUT2D eigenvalue weighted by atomic mass is 10.4. The highest BCUT2D eigenvalue weighted by Crippen LogP contribution is 2.51. The van der Waals surface area contributed by atoms with Crippen molar-refractivity contribution >= 4 is 41.7 Å². The van der Waals surface area contributed by atoms with Crippen LogP contribution in [0.25, 0.3) is 0 Å². The molecule has 0 spiro atoms. The van der Waals surface area contributed by atoms with E-state index >= 15 is 0 Å². The number of nitrogens with zero attached hydrogens (tertiary/aromatic N) is 1. The van der Waals surface area contributed by atoms with E-state index < -0.39 is 0 Å². The Morgan fingerprint density at radius 3 is 2.41 bits per heavy atom. The number of ether oxygens (including phenoxy) is 2. The van der Waals surface area contributed by atoms with Gasteiger partial charge in [-0.25, -0.2) is 0 Å². The molecular weight excluding hydrogens is 473 g/mol. The van der Waals surface area contributed by atoms with Crippen LogP contribution in [0.1, 0.15) is 32.6 Å². The molecule has 1 saturated carbocycles. The molecule has 7 heteroatoms. The summed E-state index contributed by atoms with van der Waals surface area (Å²) in [5.74, 6) is 0.840. The van der Waals surface area contributed by atoms with E-state index in [1.807, 2.05) is 18.8 Å². The SMILES string of the molecule is CCCCOCCOCCNC(=NC)NCC1(Sc2ccccc2)CC1.I. The normalized spacial score (nSPS) is 15.1. The minimum Gasteiger partial charge on any atom is -0.379 e. The standard InChI is InChI=1S/C20H33N3O2S.HI/c1-3-4-13-24-15-16-25-14-12-22-19(21-2)23-17-20(10-11-20)26-18-8-6-5-7-9-18;/h5-9H,3-4,10-17H2,1-2H3,(H2,21,22,23);1H. The van der Waals surface area contributed by atoms with E-state index in [0.717, 1.165) is 32.1 Å². The molecule has 2 rings (SSSR count). The summed E-state index contributed by atoms with van der Waals surface area (Å²) in [6, 6.07) is 10.6. The molecule has 0 unspecified atom stereocenters. The predicted molar refractivity (Wildman–Crippen MR) is 126 cm³/mol. The number of halogens is 1. The molecule has 27 heavy (non-hydrogen) atoms. The molecule has 5 nitrogen and oxygen atoms in total. The molecule has 154 valence electrons. The molecule has 0 amide bonds. The first kappa shape index (κ1) is 24.5. The number of hydrogen-bond acceptors (Lipinski definition) is 4. The van der Waals surface area contributed by atoms with Gasteiger partial charge in [-0.05, 0) is 31.4 Å². The third kappa shape index (κ3) is 10.6. The van der Waals surface area contributed by atoms with Crippen LogP contribution < -0.4 is 10.6 Å². The number of unbranched alkanes of at least 4 members (excludes halogenated alkanes) is 1. The van der Waals surface area contributed by atoms with Gasteiger partial charge in [-0.15, -0.1) is 35.7 Å². The molecule has 1 aromatic carbocycles. The van der Waals surface area contributed by atoms with Gasteiger partial charge >= 0.3 is 0 Å². The zero-order chi connectivity index (χ0) is 18.5. The van der Waals surface area contributed by atoms with Crippen molar-refractivity contribution in [1.29, 1.82) is 0 Å². The van der Waals surface area contributed by atoms with Crippen LogP contribution in [0.2, 0.25) is 0 Å². The molecule has 1 fully saturated rings. The molecule has 2 N–H and O–H groups in total. The number of thioether (sulfide) groups is 1. The van der Waals surface area contributed by atoms with E-state index in [0.29, 0.717) is 24.6 Å². The lowest BCUT2D eigenvalue weighted by Crippen LogP contribution is -2.42. The highest BCUT2D eigenvalue weighted by molar-refractivity contribution is 14.0. The van der Waals surface area contributed by atoms with E-state index in [-0.39, 0.29) is 24.0 Å². The second kappa shape index (κ2) is 14.5. The van der Waals surface area contributed by atoms with E-state index in [9.17, 15) is 0 Å². The van der Waals surface area contributed by atoms with Crippen LogP contribution in [-0.2, 0) is 9.47 Å². The molecule has 0 atom stereocenters. The fourth-order valence-electron chi connectivity index (χ4n) is 2.47. The van der Waals surface area contributed by atoms with Crippen LogP contribution in [0.3, 0.4) is 0 Å². The van der Waals surface area contributed by atoms with Gasteiger partial charge in [0.1, 0.15) is 0 Å². The first-order chi connectivity index (χ1) is 12.8. The van der Waals surface area contributed by atoms with Gasteiger partial charge in [-0.3, -0.25) is 4.99 Å². The number of hydrogen-bond donors (Lipinski definition) is 2. The molecule has 0 aromatic heterocycles. The van der Waals surface area contributed by atoms with E-state index in [1.54, 1.807) is 0 Å². The highest BCUT2D eigenvalue weighted by Gasteiger charge is 2.43.